The number of nitro benzene ring substituents is 1. The first-order valence-electron chi connectivity index (χ1n) is 4.45. The number of alkyl halides is 1. The Hall–Kier alpha value is -1.53. The first-order chi connectivity index (χ1) is 7.15. The summed E-state index contributed by atoms with van der Waals surface area (Å²) in [5.74, 6) is 6.31. The van der Waals surface area contributed by atoms with E-state index in [2.05, 4.69) is 11.8 Å². The van der Waals surface area contributed by atoms with Crippen molar-refractivity contribution in [1.29, 1.82) is 0 Å². The standard InChI is InChI=1S/C11H10ClNO2/c1-9-8-11(13(14)15)6-5-10(9)4-2-3-7-12/h5-6,8H,3,7H2,1H3. The topological polar surface area (TPSA) is 43.1 Å². The lowest BCUT2D eigenvalue weighted by Crippen LogP contribution is -1.90. The van der Waals surface area contributed by atoms with Crippen LogP contribution in [0, 0.1) is 28.9 Å². The van der Waals surface area contributed by atoms with Gasteiger partial charge in [-0.3, -0.25) is 10.1 Å². The Morgan fingerprint density at radius 1 is 1.53 bits per heavy atom. The molecule has 0 atom stereocenters. The molecule has 0 aliphatic rings. The Morgan fingerprint density at radius 2 is 2.27 bits per heavy atom. The maximum Gasteiger partial charge on any atom is 0.269 e. The van der Waals surface area contributed by atoms with Crippen molar-refractivity contribution < 1.29 is 4.92 Å². The van der Waals surface area contributed by atoms with Crippen LogP contribution in [0.3, 0.4) is 0 Å². The number of hydrogen-bond acceptors (Lipinski definition) is 2. The SMILES string of the molecule is Cc1cc([N+](=O)[O-])ccc1C#CCCCl. The van der Waals surface area contributed by atoms with E-state index in [-0.39, 0.29) is 5.69 Å². The van der Waals surface area contributed by atoms with Crippen LogP contribution >= 0.6 is 11.6 Å². The fourth-order valence-corrected chi connectivity index (χ4v) is 1.20. The van der Waals surface area contributed by atoms with Crippen LogP contribution < -0.4 is 0 Å². The molecule has 0 bridgehead atoms. The van der Waals surface area contributed by atoms with E-state index in [1.54, 1.807) is 13.0 Å². The van der Waals surface area contributed by atoms with Gasteiger partial charge in [0.05, 0.1) is 4.92 Å². The molecule has 0 unspecified atom stereocenters. The number of aryl methyl sites for hydroxylation is 1. The molecular weight excluding hydrogens is 214 g/mol. The molecule has 78 valence electrons. The van der Waals surface area contributed by atoms with E-state index in [0.717, 1.165) is 11.1 Å². The van der Waals surface area contributed by atoms with Crippen molar-refractivity contribution in [3.63, 3.8) is 0 Å². The smallest absolute Gasteiger partial charge is 0.258 e. The molecule has 4 heteroatoms. The van der Waals surface area contributed by atoms with Crippen molar-refractivity contribution in [3.05, 3.63) is 39.4 Å². The van der Waals surface area contributed by atoms with E-state index >= 15 is 0 Å². The van der Waals surface area contributed by atoms with Crippen LogP contribution in [0.4, 0.5) is 5.69 Å². The highest BCUT2D eigenvalue weighted by Crippen LogP contribution is 2.16. The summed E-state index contributed by atoms with van der Waals surface area (Å²) in [6.45, 7) is 1.80. The van der Waals surface area contributed by atoms with Crippen LogP contribution in [-0.4, -0.2) is 10.8 Å². The Kier molecular flexibility index (Phi) is 4.14. The van der Waals surface area contributed by atoms with Gasteiger partial charge in [0, 0.05) is 30.0 Å². The highest BCUT2D eigenvalue weighted by Gasteiger charge is 2.06. The van der Waals surface area contributed by atoms with Gasteiger partial charge in [-0.1, -0.05) is 11.8 Å². The van der Waals surface area contributed by atoms with Gasteiger partial charge < -0.3 is 0 Å². The molecule has 1 rings (SSSR count). The van der Waals surface area contributed by atoms with E-state index < -0.39 is 4.92 Å². The van der Waals surface area contributed by atoms with E-state index in [9.17, 15) is 10.1 Å². The predicted octanol–water partition coefficient (Wildman–Crippen LogP) is 2.88. The molecule has 1 aromatic rings. The van der Waals surface area contributed by atoms with Gasteiger partial charge in [0.1, 0.15) is 0 Å². The Morgan fingerprint density at radius 3 is 2.80 bits per heavy atom. The lowest BCUT2D eigenvalue weighted by Gasteiger charge is -1.97. The number of nitro groups is 1. The number of non-ortho nitro benzene ring substituents is 1. The van der Waals surface area contributed by atoms with Crippen LogP contribution in [-0.2, 0) is 0 Å². The molecule has 0 aliphatic carbocycles. The van der Waals surface area contributed by atoms with Crippen molar-refractivity contribution in [2.24, 2.45) is 0 Å². The van der Waals surface area contributed by atoms with E-state index in [1.165, 1.54) is 12.1 Å². The van der Waals surface area contributed by atoms with Gasteiger partial charge in [0.2, 0.25) is 0 Å². The van der Waals surface area contributed by atoms with Gasteiger partial charge in [-0.2, -0.15) is 0 Å². The summed E-state index contributed by atoms with van der Waals surface area (Å²) in [5.41, 5.74) is 1.72. The summed E-state index contributed by atoms with van der Waals surface area (Å²) < 4.78 is 0. The minimum absolute atomic E-state index is 0.0930. The molecule has 0 heterocycles. The van der Waals surface area contributed by atoms with Crippen LogP contribution in [0.1, 0.15) is 17.5 Å². The van der Waals surface area contributed by atoms with Crippen molar-refractivity contribution >= 4 is 17.3 Å². The lowest BCUT2D eigenvalue weighted by molar-refractivity contribution is -0.384. The highest BCUT2D eigenvalue weighted by molar-refractivity contribution is 6.18. The third-order valence-electron chi connectivity index (χ3n) is 1.86. The van der Waals surface area contributed by atoms with Gasteiger partial charge in [-0.25, -0.2) is 0 Å². The number of hydrogen-bond donors (Lipinski definition) is 0. The largest absolute Gasteiger partial charge is 0.269 e. The molecule has 0 radical (unpaired) electrons. The van der Waals surface area contributed by atoms with Crippen molar-refractivity contribution in [3.8, 4) is 11.8 Å². The van der Waals surface area contributed by atoms with E-state index in [1.807, 2.05) is 0 Å². The molecular formula is C11H10ClNO2. The molecule has 0 saturated heterocycles. The Balaban J connectivity index is 2.95. The molecule has 0 amide bonds. The molecule has 0 aromatic heterocycles. The fourth-order valence-electron chi connectivity index (χ4n) is 1.11. The van der Waals surface area contributed by atoms with Gasteiger partial charge in [-0.15, -0.1) is 11.6 Å². The molecule has 0 N–H and O–H groups in total. The Labute approximate surface area is 93.2 Å². The first kappa shape index (κ1) is 11.5. The second kappa shape index (κ2) is 5.38. The maximum absolute atomic E-state index is 10.5. The minimum Gasteiger partial charge on any atom is -0.258 e. The zero-order valence-corrected chi connectivity index (χ0v) is 9.04. The quantitative estimate of drug-likeness (QED) is 0.335. The third-order valence-corrected chi connectivity index (χ3v) is 2.05. The normalized spacial score (nSPS) is 9.20. The second-order valence-corrected chi connectivity index (χ2v) is 3.38. The van der Waals surface area contributed by atoms with Crippen molar-refractivity contribution in [2.45, 2.75) is 13.3 Å². The van der Waals surface area contributed by atoms with Crippen LogP contribution in [0.2, 0.25) is 0 Å². The van der Waals surface area contributed by atoms with E-state index in [0.29, 0.717) is 12.3 Å². The Bertz CT molecular complexity index is 432. The molecule has 0 fully saturated rings. The average molecular weight is 224 g/mol. The summed E-state index contributed by atoms with van der Waals surface area (Å²) in [4.78, 5) is 10.1. The van der Waals surface area contributed by atoms with Gasteiger partial charge in [0.15, 0.2) is 0 Å². The zero-order chi connectivity index (χ0) is 11.3. The summed E-state index contributed by atoms with van der Waals surface area (Å²) in [6.07, 6.45) is 0.623. The van der Waals surface area contributed by atoms with Crippen LogP contribution in [0.25, 0.3) is 0 Å². The zero-order valence-electron chi connectivity index (χ0n) is 8.29. The number of halogens is 1. The summed E-state index contributed by atoms with van der Waals surface area (Å²) in [5, 5.41) is 10.5. The van der Waals surface area contributed by atoms with Gasteiger partial charge >= 0.3 is 0 Å². The molecule has 0 aliphatic heterocycles. The molecule has 1 aromatic carbocycles. The molecule has 0 spiro atoms. The van der Waals surface area contributed by atoms with Crippen LogP contribution in [0.5, 0.6) is 0 Å². The summed E-state index contributed by atoms with van der Waals surface area (Å²) in [6, 6.07) is 4.64. The minimum atomic E-state index is -0.414. The van der Waals surface area contributed by atoms with Crippen LogP contribution in [0.15, 0.2) is 18.2 Å². The lowest BCUT2D eigenvalue weighted by atomic mass is 10.1. The monoisotopic (exact) mass is 223 g/mol. The van der Waals surface area contributed by atoms with Crippen molar-refractivity contribution in [2.75, 3.05) is 5.88 Å². The summed E-state index contributed by atoms with van der Waals surface area (Å²) >= 11 is 5.48. The van der Waals surface area contributed by atoms with Gasteiger partial charge in [0.25, 0.3) is 5.69 Å². The molecule has 15 heavy (non-hydrogen) atoms. The molecule has 3 nitrogen and oxygen atoms in total. The first-order valence-corrected chi connectivity index (χ1v) is 4.98. The fraction of sp³-hybridized carbons (Fsp3) is 0.273. The highest BCUT2D eigenvalue weighted by atomic mass is 35.5. The number of rotatable bonds is 2. The molecule has 0 saturated carbocycles. The second-order valence-electron chi connectivity index (χ2n) is 3.00. The maximum atomic E-state index is 10.5. The van der Waals surface area contributed by atoms with E-state index in [4.69, 9.17) is 11.6 Å². The van der Waals surface area contributed by atoms with Crippen molar-refractivity contribution in [1.82, 2.24) is 0 Å². The predicted molar refractivity (Wildman–Crippen MR) is 60.0 cm³/mol. The van der Waals surface area contributed by atoms with Gasteiger partial charge in [-0.05, 0) is 18.6 Å². The number of benzene rings is 1. The average Bonchev–Trinajstić information content (AvgIpc) is 2.20. The third kappa shape index (κ3) is 3.26. The number of nitrogens with zero attached hydrogens (tertiary/aromatic N) is 1. The summed E-state index contributed by atoms with van der Waals surface area (Å²) in [7, 11) is 0.